The van der Waals surface area contributed by atoms with Gasteiger partial charge in [-0.1, -0.05) is 25.1 Å². The van der Waals surface area contributed by atoms with Gasteiger partial charge in [0.2, 0.25) is 15.9 Å². The molecule has 2 aromatic carbocycles. The summed E-state index contributed by atoms with van der Waals surface area (Å²) in [4.78, 5) is 12.8. The Labute approximate surface area is 171 Å². The SMILES string of the molecule is CC[C@@H](C(=O)N[C@H](C)COc1ccccc1C)N(c1ccc(F)cc1)S(C)(=O)=O. The van der Waals surface area contributed by atoms with Gasteiger partial charge in [-0.25, -0.2) is 12.8 Å². The number of hydrogen-bond acceptors (Lipinski definition) is 4. The summed E-state index contributed by atoms with van der Waals surface area (Å²) in [5.74, 6) is -0.200. The second-order valence-corrected chi connectivity index (χ2v) is 8.80. The van der Waals surface area contributed by atoms with Gasteiger partial charge >= 0.3 is 0 Å². The highest BCUT2D eigenvalue weighted by Crippen LogP contribution is 2.23. The van der Waals surface area contributed by atoms with Crippen molar-refractivity contribution in [1.29, 1.82) is 0 Å². The van der Waals surface area contributed by atoms with E-state index in [4.69, 9.17) is 4.74 Å². The number of nitrogens with one attached hydrogen (secondary N) is 1. The minimum Gasteiger partial charge on any atom is -0.491 e. The molecular formula is C21H27FN2O4S. The third kappa shape index (κ3) is 6.19. The maximum atomic E-state index is 13.3. The van der Waals surface area contributed by atoms with Crippen molar-refractivity contribution in [3.8, 4) is 5.75 Å². The molecule has 158 valence electrons. The molecule has 1 amide bonds. The summed E-state index contributed by atoms with van der Waals surface area (Å²) < 4.78 is 44.8. The average molecular weight is 423 g/mol. The third-order valence-electron chi connectivity index (χ3n) is 4.38. The topological polar surface area (TPSA) is 75.7 Å². The molecule has 2 atom stereocenters. The Balaban J connectivity index is 2.12. The highest BCUT2D eigenvalue weighted by Gasteiger charge is 2.32. The molecule has 0 spiro atoms. The molecule has 0 aliphatic rings. The first kappa shape index (κ1) is 22.7. The number of ether oxygens (including phenoxy) is 1. The van der Waals surface area contributed by atoms with Gasteiger partial charge in [0, 0.05) is 0 Å². The number of sulfonamides is 1. The Kier molecular flexibility index (Phi) is 7.61. The molecule has 0 aliphatic carbocycles. The standard InChI is InChI=1S/C21H27FN2O4S/c1-5-19(24(29(4,26)27)18-12-10-17(22)11-13-18)21(25)23-16(3)14-28-20-9-7-6-8-15(20)2/h6-13,16,19H,5,14H2,1-4H3,(H,23,25)/t16-,19+/m1/s1. The van der Waals surface area contributed by atoms with Gasteiger partial charge in [0.15, 0.2) is 0 Å². The molecule has 0 unspecified atom stereocenters. The van der Waals surface area contributed by atoms with Gasteiger partial charge in [-0.3, -0.25) is 9.10 Å². The van der Waals surface area contributed by atoms with Crippen LogP contribution in [-0.2, 0) is 14.8 Å². The number of amides is 1. The largest absolute Gasteiger partial charge is 0.491 e. The fourth-order valence-electron chi connectivity index (χ4n) is 2.96. The minimum atomic E-state index is -3.77. The second kappa shape index (κ2) is 9.73. The first-order valence-corrected chi connectivity index (χ1v) is 11.2. The van der Waals surface area contributed by atoms with E-state index in [1.54, 1.807) is 13.8 Å². The summed E-state index contributed by atoms with van der Waals surface area (Å²) >= 11 is 0. The van der Waals surface area contributed by atoms with E-state index in [-0.39, 0.29) is 24.8 Å². The molecule has 0 fully saturated rings. The third-order valence-corrected chi connectivity index (χ3v) is 5.56. The van der Waals surface area contributed by atoms with Crippen molar-refractivity contribution in [2.24, 2.45) is 0 Å². The predicted molar refractivity (Wildman–Crippen MR) is 112 cm³/mol. The molecule has 0 aromatic heterocycles. The molecule has 29 heavy (non-hydrogen) atoms. The van der Waals surface area contributed by atoms with Gasteiger partial charge in [0.1, 0.15) is 24.2 Å². The molecule has 0 radical (unpaired) electrons. The van der Waals surface area contributed by atoms with Crippen LogP contribution < -0.4 is 14.4 Å². The van der Waals surface area contributed by atoms with Crippen LogP contribution in [0.4, 0.5) is 10.1 Å². The zero-order valence-corrected chi connectivity index (χ0v) is 17.9. The zero-order valence-electron chi connectivity index (χ0n) is 17.1. The van der Waals surface area contributed by atoms with Gasteiger partial charge in [-0.05, 0) is 56.2 Å². The maximum Gasteiger partial charge on any atom is 0.244 e. The number of nitrogens with zero attached hydrogens (tertiary/aromatic N) is 1. The van der Waals surface area contributed by atoms with E-state index in [2.05, 4.69) is 5.32 Å². The van der Waals surface area contributed by atoms with Crippen LogP contribution in [0.3, 0.4) is 0 Å². The number of halogens is 1. The molecule has 0 aliphatic heterocycles. The van der Waals surface area contributed by atoms with E-state index in [0.29, 0.717) is 0 Å². The predicted octanol–water partition coefficient (Wildman–Crippen LogP) is 3.26. The van der Waals surface area contributed by atoms with Crippen molar-refractivity contribution in [1.82, 2.24) is 5.32 Å². The van der Waals surface area contributed by atoms with E-state index >= 15 is 0 Å². The molecule has 1 N–H and O–H groups in total. The fourth-order valence-corrected chi connectivity index (χ4v) is 4.17. The van der Waals surface area contributed by atoms with Crippen molar-refractivity contribution in [2.45, 2.75) is 39.3 Å². The second-order valence-electron chi connectivity index (χ2n) is 6.95. The van der Waals surface area contributed by atoms with Gasteiger partial charge < -0.3 is 10.1 Å². The summed E-state index contributed by atoms with van der Waals surface area (Å²) in [5, 5.41) is 2.81. The number of rotatable bonds is 9. The first-order chi connectivity index (χ1) is 13.6. The van der Waals surface area contributed by atoms with Crippen LogP contribution in [0.5, 0.6) is 5.75 Å². The minimum absolute atomic E-state index is 0.236. The zero-order chi connectivity index (χ0) is 21.6. The van der Waals surface area contributed by atoms with Crippen LogP contribution in [0, 0.1) is 12.7 Å². The molecule has 0 bridgehead atoms. The van der Waals surface area contributed by atoms with Gasteiger partial charge in [0.25, 0.3) is 0 Å². The number of benzene rings is 2. The number of para-hydroxylation sites is 1. The van der Waals surface area contributed by atoms with E-state index in [9.17, 15) is 17.6 Å². The van der Waals surface area contributed by atoms with Gasteiger partial charge in [0.05, 0.1) is 18.0 Å². The highest BCUT2D eigenvalue weighted by atomic mass is 32.2. The van der Waals surface area contributed by atoms with Crippen molar-refractivity contribution >= 4 is 21.6 Å². The molecule has 0 saturated carbocycles. The summed E-state index contributed by atoms with van der Waals surface area (Å²) in [6.45, 7) is 5.67. The monoisotopic (exact) mass is 422 g/mol. The van der Waals surface area contributed by atoms with Crippen LogP contribution in [0.1, 0.15) is 25.8 Å². The summed E-state index contributed by atoms with van der Waals surface area (Å²) in [5.41, 5.74) is 1.22. The average Bonchev–Trinajstić information content (AvgIpc) is 2.65. The van der Waals surface area contributed by atoms with Crippen molar-refractivity contribution in [3.05, 3.63) is 59.9 Å². The Morgan fingerprint density at radius 2 is 1.79 bits per heavy atom. The Morgan fingerprint density at radius 1 is 1.17 bits per heavy atom. The lowest BCUT2D eigenvalue weighted by atomic mass is 10.1. The summed E-state index contributed by atoms with van der Waals surface area (Å²) in [6, 6.07) is 11.3. The molecule has 2 aromatic rings. The lowest BCUT2D eigenvalue weighted by Gasteiger charge is -2.31. The molecule has 6 nitrogen and oxygen atoms in total. The lowest BCUT2D eigenvalue weighted by Crippen LogP contribution is -2.52. The molecular weight excluding hydrogens is 395 g/mol. The fraction of sp³-hybridized carbons (Fsp3) is 0.381. The van der Waals surface area contributed by atoms with Crippen LogP contribution in [0.25, 0.3) is 0 Å². The quantitative estimate of drug-likeness (QED) is 0.673. The normalized spacial score (nSPS) is 13.4. The maximum absolute atomic E-state index is 13.3. The van der Waals surface area contributed by atoms with E-state index in [0.717, 1.165) is 34.0 Å². The molecule has 2 rings (SSSR count). The van der Waals surface area contributed by atoms with Gasteiger partial charge in [-0.15, -0.1) is 0 Å². The van der Waals surface area contributed by atoms with E-state index in [1.165, 1.54) is 12.1 Å². The summed E-state index contributed by atoms with van der Waals surface area (Å²) in [6.07, 6.45) is 1.28. The van der Waals surface area contributed by atoms with Crippen molar-refractivity contribution in [3.63, 3.8) is 0 Å². The molecule has 0 saturated heterocycles. The van der Waals surface area contributed by atoms with Crippen molar-refractivity contribution < 1.29 is 22.3 Å². The number of aryl methyl sites for hydroxylation is 1. The Hall–Kier alpha value is -2.61. The van der Waals surface area contributed by atoms with Gasteiger partial charge in [-0.2, -0.15) is 0 Å². The Bertz CT molecular complexity index is 932. The number of carbonyl (C=O) groups is 1. The van der Waals surface area contributed by atoms with Crippen LogP contribution >= 0.6 is 0 Å². The summed E-state index contributed by atoms with van der Waals surface area (Å²) in [7, 11) is -3.77. The number of carbonyl (C=O) groups excluding carboxylic acids is 1. The molecule has 8 heteroatoms. The first-order valence-electron chi connectivity index (χ1n) is 9.37. The number of hydrogen-bond donors (Lipinski definition) is 1. The van der Waals surface area contributed by atoms with Crippen LogP contribution in [0.15, 0.2) is 48.5 Å². The lowest BCUT2D eigenvalue weighted by molar-refractivity contribution is -0.123. The molecule has 0 heterocycles. The van der Waals surface area contributed by atoms with E-state index in [1.807, 2.05) is 31.2 Å². The van der Waals surface area contributed by atoms with Crippen LogP contribution in [-0.4, -0.2) is 39.3 Å². The van der Waals surface area contributed by atoms with Crippen LogP contribution in [0.2, 0.25) is 0 Å². The smallest absolute Gasteiger partial charge is 0.244 e. The Morgan fingerprint density at radius 3 is 2.34 bits per heavy atom. The van der Waals surface area contributed by atoms with E-state index < -0.39 is 27.8 Å². The van der Waals surface area contributed by atoms with Crippen molar-refractivity contribution in [2.75, 3.05) is 17.2 Å². The highest BCUT2D eigenvalue weighted by molar-refractivity contribution is 7.92. The number of anilines is 1.